The average molecular weight is 447 g/mol. The van der Waals surface area contributed by atoms with Gasteiger partial charge in [0.2, 0.25) is 5.91 Å². The van der Waals surface area contributed by atoms with Crippen molar-refractivity contribution in [3.05, 3.63) is 57.5 Å². The third-order valence-electron chi connectivity index (χ3n) is 5.05. The fourth-order valence-corrected chi connectivity index (χ4v) is 5.31. The molecule has 1 aliphatic rings. The van der Waals surface area contributed by atoms with E-state index in [0.717, 1.165) is 35.9 Å². The summed E-state index contributed by atoms with van der Waals surface area (Å²) in [4.78, 5) is 13.7. The fraction of sp³-hybridized carbons (Fsp3) is 0.381. The molecule has 1 fully saturated rings. The molecule has 1 N–H and O–H groups in total. The Hall–Kier alpha value is -1.83. The highest BCUT2D eigenvalue weighted by Crippen LogP contribution is 2.33. The van der Waals surface area contributed by atoms with Gasteiger partial charge in [-0.25, -0.2) is 0 Å². The van der Waals surface area contributed by atoms with Crippen LogP contribution in [0.1, 0.15) is 48.8 Å². The minimum absolute atomic E-state index is 0.0599. The van der Waals surface area contributed by atoms with Gasteiger partial charge in [0.15, 0.2) is 5.16 Å². The number of amides is 1. The Morgan fingerprint density at radius 3 is 2.69 bits per heavy atom. The summed E-state index contributed by atoms with van der Waals surface area (Å²) in [5.74, 6) is 1.24. The van der Waals surface area contributed by atoms with E-state index in [-0.39, 0.29) is 5.91 Å². The largest absolute Gasteiger partial charge is 0.325 e. The SMILES string of the molecule is O=C(CSc1nnc(Cc2cccs2)n1C1CCCCC1)Nc1ccc(Cl)cc1. The van der Waals surface area contributed by atoms with Gasteiger partial charge in [0.05, 0.1) is 5.75 Å². The summed E-state index contributed by atoms with van der Waals surface area (Å²) < 4.78 is 2.29. The van der Waals surface area contributed by atoms with Gasteiger partial charge >= 0.3 is 0 Å². The number of halogens is 1. The number of rotatable bonds is 7. The van der Waals surface area contributed by atoms with Crippen molar-refractivity contribution < 1.29 is 4.79 Å². The van der Waals surface area contributed by atoms with E-state index >= 15 is 0 Å². The zero-order valence-electron chi connectivity index (χ0n) is 16.0. The lowest BCUT2D eigenvalue weighted by atomic mass is 9.95. The predicted molar refractivity (Wildman–Crippen MR) is 120 cm³/mol. The summed E-state index contributed by atoms with van der Waals surface area (Å²) in [6.07, 6.45) is 6.87. The van der Waals surface area contributed by atoms with E-state index in [9.17, 15) is 4.79 Å². The number of nitrogens with zero attached hydrogens (tertiary/aromatic N) is 3. The number of benzene rings is 1. The van der Waals surface area contributed by atoms with E-state index < -0.39 is 0 Å². The normalized spacial score (nSPS) is 14.8. The van der Waals surface area contributed by atoms with Crippen LogP contribution >= 0.6 is 34.7 Å². The number of thioether (sulfide) groups is 1. The number of hydrogen-bond donors (Lipinski definition) is 1. The van der Waals surface area contributed by atoms with Gasteiger partial charge in [-0.1, -0.05) is 48.7 Å². The maximum Gasteiger partial charge on any atom is 0.234 e. The molecule has 5 nitrogen and oxygen atoms in total. The molecule has 0 aliphatic heterocycles. The van der Waals surface area contributed by atoms with E-state index in [2.05, 4.69) is 37.6 Å². The Morgan fingerprint density at radius 2 is 1.97 bits per heavy atom. The van der Waals surface area contributed by atoms with Gasteiger partial charge in [0.1, 0.15) is 5.82 Å². The van der Waals surface area contributed by atoms with Crippen LogP contribution in [0.4, 0.5) is 5.69 Å². The third kappa shape index (κ3) is 5.41. The van der Waals surface area contributed by atoms with Gasteiger partial charge in [0, 0.05) is 28.0 Å². The topological polar surface area (TPSA) is 59.8 Å². The molecule has 29 heavy (non-hydrogen) atoms. The highest BCUT2D eigenvalue weighted by molar-refractivity contribution is 7.99. The monoisotopic (exact) mass is 446 g/mol. The summed E-state index contributed by atoms with van der Waals surface area (Å²) in [6, 6.07) is 11.8. The predicted octanol–water partition coefficient (Wildman–Crippen LogP) is 5.82. The molecule has 0 bridgehead atoms. The molecule has 0 atom stereocenters. The minimum atomic E-state index is -0.0599. The number of carbonyl (C=O) groups is 1. The first-order valence-corrected chi connectivity index (χ1v) is 12.1. The van der Waals surface area contributed by atoms with Crippen LogP contribution in [0.15, 0.2) is 46.9 Å². The molecule has 3 aromatic rings. The van der Waals surface area contributed by atoms with Gasteiger partial charge in [-0.05, 0) is 48.6 Å². The van der Waals surface area contributed by atoms with Crippen molar-refractivity contribution >= 4 is 46.3 Å². The van der Waals surface area contributed by atoms with Crippen molar-refractivity contribution in [3.8, 4) is 0 Å². The molecule has 0 saturated heterocycles. The first-order valence-electron chi connectivity index (χ1n) is 9.83. The molecular weight excluding hydrogens is 424 g/mol. The first-order chi connectivity index (χ1) is 14.2. The molecule has 1 saturated carbocycles. The molecule has 1 aliphatic carbocycles. The Balaban J connectivity index is 1.46. The molecule has 2 heterocycles. The number of hydrogen-bond acceptors (Lipinski definition) is 5. The second kappa shape index (κ2) is 9.78. The molecule has 152 valence electrons. The van der Waals surface area contributed by atoms with Crippen molar-refractivity contribution in [2.45, 2.75) is 49.7 Å². The Morgan fingerprint density at radius 1 is 1.17 bits per heavy atom. The van der Waals surface area contributed by atoms with Crippen LogP contribution < -0.4 is 5.32 Å². The highest BCUT2D eigenvalue weighted by atomic mass is 35.5. The van der Waals surface area contributed by atoms with E-state index in [1.807, 2.05) is 0 Å². The zero-order chi connectivity index (χ0) is 20.1. The van der Waals surface area contributed by atoms with Crippen molar-refractivity contribution in [3.63, 3.8) is 0 Å². The first kappa shape index (κ1) is 20.4. The Kier molecular flexibility index (Phi) is 6.90. The van der Waals surface area contributed by atoms with Crippen molar-refractivity contribution in [1.82, 2.24) is 14.8 Å². The van der Waals surface area contributed by atoms with Crippen LogP contribution in [-0.4, -0.2) is 26.4 Å². The minimum Gasteiger partial charge on any atom is -0.325 e. The average Bonchev–Trinajstić information content (AvgIpc) is 3.39. The fourth-order valence-electron chi connectivity index (χ4n) is 3.66. The summed E-state index contributed by atoms with van der Waals surface area (Å²) >= 11 is 9.10. The van der Waals surface area contributed by atoms with Gasteiger partial charge < -0.3 is 9.88 Å². The van der Waals surface area contributed by atoms with E-state index in [4.69, 9.17) is 11.6 Å². The highest BCUT2D eigenvalue weighted by Gasteiger charge is 2.23. The lowest BCUT2D eigenvalue weighted by Gasteiger charge is -2.25. The maximum atomic E-state index is 12.4. The van der Waals surface area contributed by atoms with Gasteiger partial charge in [-0.3, -0.25) is 4.79 Å². The van der Waals surface area contributed by atoms with Crippen molar-refractivity contribution in [2.75, 3.05) is 11.1 Å². The van der Waals surface area contributed by atoms with Gasteiger partial charge in [0.25, 0.3) is 0 Å². The van der Waals surface area contributed by atoms with Crippen LogP contribution in [0.5, 0.6) is 0 Å². The lowest BCUT2D eigenvalue weighted by Crippen LogP contribution is -2.18. The van der Waals surface area contributed by atoms with Crippen LogP contribution in [0.2, 0.25) is 5.02 Å². The summed E-state index contributed by atoms with van der Waals surface area (Å²) in [5.41, 5.74) is 0.743. The smallest absolute Gasteiger partial charge is 0.234 e. The summed E-state index contributed by atoms with van der Waals surface area (Å²) in [6.45, 7) is 0. The Labute approximate surface area is 183 Å². The molecule has 0 spiro atoms. The second-order valence-electron chi connectivity index (χ2n) is 7.16. The molecular formula is C21H23ClN4OS2. The lowest BCUT2D eigenvalue weighted by molar-refractivity contribution is -0.113. The number of nitrogens with one attached hydrogen (secondary N) is 1. The van der Waals surface area contributed by atoms with Crippen LogP contribution in [0.3, 0.4) is 0 Å². The Bertz CT molecular complexity index is 934. The number of anilines is 1. The van der Waals surface area contributed by atoms with Crippen LogP contribution in [0, 0.1) is 0 Å². The summed E-state index contributed by atoms with van der Waals surface area (Å²) in [5, 5.41) is 15.4. The maximum absolute atomic E-state index is 12.4. The van der Waals surface area contributed by atoms with Crippen LogP contribution in [-0.2, 0) is 11.2 Å². The number of thiophene rings is 1. The van der Waals surface area contributed by atoms with Crippen molar-refractivity contribution in [2.24, 2.45) is 0 Å². The van der Waals surface area contributed by atoms with E-state index in [0.29, 0.717) is 16.8 Å². The van der Waals surface area contributed by atoms with E-state index in [1.54, 1.807) is 35.6 Å². The molecule has 2 aromatic heterocycles. The number of aromatic nitrogens is 3. The van der Waals surface area contributed by atoms with E-state index in [1.165, 1.54) is 35.9 Å². The number of carbonyl (C=O) groups excluding carboxylic acids is 1. The van der Waals surface area contributed by atoms with Crippen LogP contribution in [0.25, 0.3) is 0 Å². The standard InChI is InChI=1S/C21H23ClN4OS2/c22-15-8-10-16(11-9-15)23-20(27)14-29-21-25-24-19(13-18-7-4-12-28-18)26(21)17-5-2-1-3-6-17/h4,7-12,17H,1-3,5-6,13-14H2,(H,23,27). The zero-order valence-corrected chi connectivity index (χ0v) is 18.4. The quantitative estimate of drug-likeness (QED) is 0.464. The van der Waals surface area contributed by atoms with Crippen molar-refractivity contribution in [1.29, 1.82) is 0 Å². The van der Waals surface area contributed by atoms with Gasteiger partial charge in [-0.15, -0.1) is 21.5 Å². The molecule has 1 aromatic carbocycles. The third-order valence-corrected chi connectivity index (χ3v) is 7.12. The molecule has 8 heteroatoms. The molecule has 0 unspecified atom stereocenters. The second-order valence-corrected chi connectivity index (χ2v) is 9.57. The van der Waals surface area contributed by atoms with Gasteiger partial charge in [-0.2, -0.15) is 0 Å². The molecule has 0 radical (unpaired) electrons. The summed E-state index contributed by atoms with van der Waals surface area (Å²) in [7, 11) is 0. The molecule has 4 rings (SSSR count). The molecule has 1 amide bonds.